The molecule has 0 bridgehead atoms. The normalized spacial score (nSPS) is 11.0. The van der Waals surface area contributed by atoms with E-state index in [1.807, 2.05) is 61.5 Å². The number of halogens is 2. The van der Waals surface area contributed by atoms with Gasteiger partial charge in [0.2, 0.25) is 0 Å². The van der Waals surface area contributed by atoms with E-state index in [1.54, 1.807) is 24.3 Å². The fraction of sp³-hybridized carbons (Fsp3) is 0.0833. The molecule has 3 aromatic carbocycles. The van der Waals surface area contributed by atoms with Crippen molar-refractivity contribution >= 4 is 40.9 Å². The van der Waals surface area contributed by atoms with Gasteiger partial charge in [0.25, 0.3) is 5.91 Å². The Morgan fingerprint density at radius 2 is 1.62 bits per heavy atom. The summed E-state index contributed by atoms with van der Waals surface area (Å²) in [4.78, 5) is 12.7. The lowest BCUT2D eigenvalue weighted by molar-refractivity contribution is -0.112. The molecule has 144 valence electrons. The maximum Gasteiger partial charge on any atom is 0.266 e. The van der Waals surface area contributed by atoms with Crippen LogP contribution >= 0.6 is 23.2 Å². The van der Waals surface area contributed by atoms with Crippen LogP contribution in [0.25, 0.3) is 6.08 Å². The molecule has 0 spiro atoms. The second-order valence-corrected chi connectivity index (χ2v) is 7.32. The van der Waals surface area contributed by atoms with Gasteiger partial charge in [-0.15, -0.1) is 0 Å². The third-order valence-electron chi connectivity index (χ3n) is 4.57. The fourth-order valence-corrected chi connectivity index (χ4v) is 3.30. The Morgan fingerprint density at radius 3 is 2.34 bits per heavy atom. The van der Waals surface area contributed by atoms with Gasteiger partial charge in [0, 0.05) is 15.7 Å². The van der Waals surface area contributed by atoms with Crippen LogP contribution in [0.15, 0.2) is 72.3 Å². The molecule has 1 N–H and O–H groups in total. The molecule has 0 atom stereocenters. The zero-order valence-corrected chi connectivity index (χ0v) is 17.3. The first-order valence-electron chi connectivity index (χ1n) is 8.99. The van der Waals surface area contributed by atoms with Crippen molar-refractivity contribution in [3.63, 3.8) is 0 Å². The Labute approximate surface area is 180 Å². The van der Waals surface area contributed by atoms with Crippen LogP contribution in [0.5, 0.6) is 0 Å². The molecule has 0 aliphatic carbocycles. The zero-order valence-electron chi connectivity index (χ0n) is 15.7. The fourth-order valence-electron chi connectivity index (χ4n) is 2.92. The molecule has 0 aliphatic heterocycles. The smallest absolute Gasteiger partial charge is 0.266 e. The van der Waals surface area contributed by atoms with E-state index >= 15 is 0 Å². The molecular weight excluding hydrogens is 403 g/mol. The number of nitrogens with one attached hydrogen (secondary N) is 1. The third kappa shape index (κ3) is 5.06. The van der Waals surface area contributed by atoms with Crippen molar-refractivity contribution in [2.75, 3.05) is 5.32 Å². The van der Waals surface area contributed by atoms with E-state index in [1.165, 1.54) is 0 Å². The summed E-state index contributed by atoms with van der Waals surface area (Å²) in [5.41, 5.74) is 4.08. The van der Waals surface area contributed by atoms with Crippen molar-refractivity contribution < 1.29 is 4.79 Å². The highest BCUT2D eigenvalue weighted by Crippen LogP contribution is 2.25. The van der Waals surface area contributed by atoms with Crippen LogP contribution < -0.4 is 5.32 Å². The Kier molecular flexibility index (Phi) is 6.72. The van der Waals surface area contributed by atoms with Gasteiger partial charge in [-0.2, -0.15) is 5.26 Å². The molecule has 29 heavy (non-hydrogen) atoms. The van der Waals surface area contributed by atoms with Gasteiger partial charge in [-0.1, -0.05) is 71.7 Å². The first-order chi connectivity index (χ1) is 14.0. The molecule has 3 rings (SSSR count). The lowest BCUT2D eigenvalue weighted by atomic mass is 9.98. The van der Waals surface area contributed by atoms with Gasteiger partial charge in [0.05, 0.1) is 0 Å². The molecule has 1 amide bonds. The molecule has 3 aromatic rings. The largest absolute Gasteiger partial charge is 0.321 e. The summed E-state index contributed by atoms with van der Waals surface area (Å²) < 4.78 is 0. The maximum absolute atomic E-state index is 12.7. The van der Waals surface area contributed by atoms with E-state index in [9.17, 15) is 10.1 Å². The lowest BCUT2D eigenvalue weighted by Gasteiger charge is -2.10. The van der Waals surface area contributed by atoms with Crippen LogP contribution in [0.4, 0.5) is 5.69 Å². The summed E-state index contributed by atoms with van der Waals surface area (Å²) >= 11 is 12.4. The van der Waals surface area contributed by atoms with E-state index in [0.29, 0.717) is 22.2 Å². The van der Waals surface area contributed by atoms with Gasteiger partial charge in [0.15, 0.2) is 0 Å². The summed E-state index contributed by atoms with van der Waals surface area (Å²) in [6.45, 7) is 1.81. The molecule has 0 unspecified atom stereocenters. The number of amides is 1. The van der Waals surface area contributed by atoms with Gasteiger partial charge in [-0.25, -0.2) is 0 Å². The predicted octanol–water partition coefficient (Wildman–Crippen LogP) is 6.44. The van der Waals surface area contributed by atoms with Crippen LogP contribution in [0, 0.1) is 18.3 Å². The van der Waals surface area contributed by atoms with E-state index in [0.717, 1.165) is 22.3 Å². The molecule has 5 heteroatoms. The standard InChI is InChI=1S/C24H18Cl2N2O/c1-16-21(25)11-6-12-23(16)28-24(29)20(15-27)14-18-8-3-2-7-17(18)13-19-9-4-5-10-22(19)26/h2-12,14H,13H2,1H3,(H,28,29)/b20-14+. The summed E-state index contributed by atoms with van der Waals surface area (Å²) in [7, 11) is 0. The molecular formula is C24H18Cl2N2O. The predicted molar refractivity (Wildman–Crippen MR) is 119 cm³/mol. The van der Waals surface area contributed by atoms with Gasteiger partial charge in [0.1, 0.15) is 11.6 Å². The quantitative estimate of drug-likeness (QED) is 0.381. The van der Waals surface area contributed by atoms with Crippen molar-refractivity contribution in [3.05, 3.63) is 105 Å². The number of benzene rings is 3. The number of anilines is 1. The Morgan fingerprint density at radius 1 is 0.966 bits per heavy atom. The number of hydrogen-bond acceptors (Lipinski definition) is 2. The van der Waals surface area contributed by atoms with Crippen molar-refractivity contribution in [2.45, 2.75) is 13.3 Å². The van der Waals surface area contributed by atoms with Crippen molar-refractivity contribution in [1.82, 2.24) is 0 Å². The highest BCUT2D eigenvalue weighted by Gasteiger charge is 2.13. The van der Waals surface area contributed by atoms with Crippen molar-refractivity contribution in [2.24, 2.45) is 0 Å². The van der Waals surface area contributed by atoms with Crippen molar-refractivity contribution in [1.29, 1.82) is 5.26 Å². The van der Waals surface area contributed by atoms with Crippen LogP contribution in [-0.2, 0) is 11.2 Å². The molecule has 0 radical (unpaired) electrons. The highest BCUT2D eigenvalue weighted by molar-refractivity contribution is 6.32. The minimum absolute atomic E-state index is 0.0102. The zero-order chi connectivity index (χ0) is 20.8. The second-order valence-electron chi connectivity index (χ2n) is 6.50. The summed E-state index contributed by atoms with van der Waals surface area (Å²) in [6.07, 6.45) is 2.20. The minimum atomic E-state index is -0.481. The van der Waals surface area contributed by atoms with E-state index < -0.39 is 5.91 Å². The number of carbonyl (C=O) groups is 1. The topological polar surface area (TPSA) is 52.9 Å². The number of carbonyl (C=O) groups excluding carboxylic acids is 1. The maximum atomic E-state index is 12.7. The average Bonchev–Trinajstić information content (AvgIpc) is 2.72. The molecule has 0 saturated heterocycles. The number of hydrogen-bond donors (Lipinski definition) is 1. The van der Waals surface area contributed by atoms with Crippen LogP contribution in [0.3, 0.4) is 0 Å². The Balaban J connectivity index is 1.90. The van der Waals surface area contributed by atoms with E-state index in [4.69, 9.17) is 23.2 Å². The first-order valence-corrected chi connectivity index (χ1v) is 9.74. The SMILES string of the molecule is Cc1c(Cl)cccc1NC(=O)/C(C#N)=C/c1ccccc1Cc1ccccc1Cl. The summed E-state index contributed by atoms with van der Waals surface area (Å²) in [5.74, 6) is -0.481. The number of nitriles is 1. The molecule has 0 saturated carbocycles. The number of nitrogens with zero attached hydrogens (tertiary/aromatic N) is 1. The van der Waals surface area contributed by atoms with Crippen molar-refractivity contribution in [3.8, 4) is 6.07 Å². The number of rotatable bonds is 5. The molecule has 0 fully saturated rings. The Bertz CT molecular complexity index is 1130. The molecule has 0 aromatic heterocycles. The van der Waals surface area contributed by atoms with Gasteiger partial charge in [-0.3, -0.25) is 4.79 Å². The third-order valence-corrected chi connectivity index (χ3v) is 5.35. The monoisotopic (exact) mass is 420 g/mol. The first kappa shape index (κ1) is 20.7. The average molecular weight is 421 g/mol. The van der Waals surface area contributed by atoms with Crippen LogP contribution in [0.1, 0.15) is 22.3 Å². The van der Waals surface area contributed by atoms with Crippen LogP contribution in [0.2, 0.25) is 10.0 Å². The molecule has 0 heterocycles. The summed E-state index contributed by atoms with van der Waals surface area (Å²) in [5, 5.41) is 13.6. The summed E-state index contributed by atoms with van der Waals surface area (Å²) in [6, 6.07) is 22.5. The van der Waals surface area contributed by atoms with Gasteiger partial charge < -0.3 is 5.32 Å². The lowest BCUT2D eigenvalue weighted by Crippen LogP contribution is -2.14. The van der Waals surface area contributed by atoms with E-state index in [-0.39, 0.29) is 5.57 Å². The molecule has 3 nitrogen and oxygen atoms in total. The highest BCUT2D eigenvalue weighted by atomic mass is 35.5. The van der Waals surface area contributed by atoms with Gasteiger partial charge >= 0.3 is 0 Å². The van der Waals surface area contributed by atoms with E-state index in [2.05, 4.69) is 5.32 Å². The molecule has 0 aliphatic rings. The second kappa shape index (κ2) is 9.43. The minimum Gasteiger partial charge on any atom is -0.321 e. The Hall–Kier alpha value is -3.06. The van der Waals surface area contributed by atoms with Crippen LogP contribution in [-0.4, -0.2) is 5.91 Å². The van der Waals surface area contributed by atoms with Gasteiger partial charge in [-0.05, 0) is 59.9 Å².